The molecule has 0 spiro atoms. The molecule has 96 valence electrons. The van der Waals surface area contributed by atoms with Crippen molar-refractivity contribution >= 4 is 0 Å². The van der Waals surface area contributed by atoms with Gasteiger partial charge in [0.15, 0.2) is 11.6 Å². The van der Waals surface area contributed by atoms with Crippen molar-refractivity contribution in [3.05, 3.63) is 35.4 Å². The van der Waals surface area contributed by atoms with Crippen LogP contribution < -0.4 is 5.73 Å². The lowest BCUT2D eigenvalue weighted by molar-refractivity contribution is -0.0554. The van der Waals surface area contributed by atoms with Crippen LogP contribution >= 0.6 is 0 Å². The minimum absolute atomic E-state index is 0.246. The van der Waals surface area contributed by atoms with Gasteiger partial charge in [-0.05, 0) is 30.5 Å². The van der Waals surface area contributed by atoms with Gasteiger partial charge in [-0.25, -0.2) is 8.78 Å². The smallest absolute Gasteiger partial charge is 0.159 e. The highest BCUT2D eigenvalue weighted by molar-refractivity contribution is 5.17. The minimum atomic E-state index is -0.850. The molecule has 1 aromatic carbocycles. The van der Waals surface area contributed by atoms with Gasteiger partial charge in [-0.1, -0.05) is 19.9 Å². The summed E-state index contributed by atoms with van der Waals surface area (Å²) in [6.07, 6.45) is 1.59. The van der Waals surface area contributed by atoms with Crippen molar-refractivity contribution in [1.29, 1.82) is 0 Å². The molecule has 0 radical (unpaired) electrons. The Morgan fingerprint density at radius 3 is 2.29 bits per heavy atom. The molecule has 1 aromatic rings. The van der Waals surface area contributed by atoms with E-state index < -0.39 is 11.6 Å². The van der Waals surface area contributed by atoms with Crippen LogP contribution in [-0.2, 0) is 11.3 Å². The summed E-state index contributed by atoms with van der Waals surface area (Å²) in [7, 11) is 0. The Labute approximate surface area is 101 Å². The molecule has 0 heterocycles. The van der Waals surface area contributed by atoms with E-state index in [1.54, 1.807) is 0 Å². The molecular weight excluding hydrogens is 224 g/mol. The van der Waals surface area contributed by atoms with Crippen molar-refractivity contribution in [1.82, 2.24) is 0 Å². The first-order chi connectivity index (χ1) is 8.06. The Hall–Kier alpha value is -1.00. The molecule has 0 amide bonds. The maximum Gasteiger partial charge on any atom is 0.159 e. The highest BCUT2D eigenvalue weighted by Gasteiger charge is 2.25. The summed E-state index contributed by atoms with van der Waals surface area (Å²) in [4.78, 5) is 0. The SMILES string of the molecule is CCC(CC)(CN)OCc1ccc(F)c(F)c1. The fourth-order valence-corrected chi connectivity index (χ4v) is 1.67. The maximum absolute atomic E-state index is 13.0. The summed E-state index contributed by atoms with van der Waals surface area (Å²) in [5.41, 5.74) is 5.93. The van der Waals surface area contributed by atoms with Gasteiger partial charge in [-0.3, -0.25) is 0 Å². The number of ether oxygens (including phenoxy) is 1. The molecule has 4 heteroatoms. The van der Waals surface area contributed by atoms with Crippen molar-refractivity contribution in [2.45, 2.75) is 38.9 Å². The third-order valence-electron chi connectivity index (χ3n) is 3.19. The first kappa shape index (κ1) is 14.1. The number of hydrogen-bond acceptors (Lipinski definition) is 2. The highest BCUT2D eigenvalue weighted by atomic mass is 19.2. The van der Waals surface area contributed by atoms with Crippen LogP contribution in [0.5, 0.6) is 0 Å². The maximum atomic E-state index is 13.0. The monoisotopic (exact) mass is 243 g/mol. The molecule has 0 fully saturated rings. The lowest BCUT2D eigenvalue weighted by Gasteiger charge is -2.30. The molecular formula is C13H19F2NO. The summed E-state index contributed by atoms with van der Waals surface area (Å²) in [5.74, 6) is -1.69. The summed E-state index contributed by atoms with van der Waals surface area (Å²) >= 11 is 0. The van der Waals surface area contributed by atoms with E-state index in [1.165, 1.54) is 6.07 Å². The van der Waals surface area contributed by atoms with Crippen LogP contribution in [-0.4, -0.2) is 12.1 Å². The molecule has 0 unspecified atom stereocenters. The van der Waals surface area contributed by atoms with Crippen LogP contribution in [0.15, 0.2) is 18.2 Å². The van der Waals surface area contributed by atoms with Gasteiger partial charge in [0.1, 0.15) is 0 Å². The Balaban J connectivity index is 2.68. The van der Waals surface area contributed by atoms with Gasteiger partial charge in [0, 0.05) is 6.54 Å². The molecule has 17 heavy (non-hydrogen) atoms. The fraction of sp³-hybridized carbons (Fsp3) is 0.538. The first-order valence-electron chi connectivity index (χ1n) is 5.85. The van der Waals surface area contributed by atoms with Crippen molar-refractivity contribution in [3.63, 3.8) is 0 Å². The zero-order valence-corrected chi connectivity index (χ0v) is 10.3. The van der Waals surface area contributed by atoms with Gasteiger partial charge in [0.05, 0.1) is 12.2 Å². The lowest BCUT2D eigenvalue weighted by atomic mass is 9.97. The molecule has 0 aliphatic carbocycles. The molecule has 1 rings (SSSR count). The Morgan fingerprint density at radius 2 is 1.82 bits per heavy atom. The molecule has 0 saturated heterocycles. The van der Waals surface area contributed by atoms with E-state index in [-0.39, 0.29) is 12.2 Å². The van der Waals surface area contributed by atoms with E-state index in [1.807, 2.05) is 13.8 Å². The molecule has 0 bridgehead atoms. The summed E-state index contributed by atoms with van der Waals surface area (Å²) in [6, 6.07) is 3.78. The van der Waals surface area contributed by atoms with Crippen LogP contribution in [0.25, 0.3) is 0 Å². The largest absolute Gasteiger partial charge is 0.369 e. The van der Waals surface area contributed by atoms with Gasteiger partial charge in [0.25, 0.3) is 0 Å². The average molecular weight is 243 g/mol. The number of nitrogens with two attached hydrogens (primary N) is 1. The number of halogens is 2. The fourth-order valence-electron chi connectivity index (χ4n) is 1.67. The molecule has 2 nitrogen and oxygen atoms in total. The number of hydrogen-bond donors (Lipinski definition) is 1. The Morgan fingerprint density at radius 1 is 1.18 bits per heavy atom. The predicted octanol–water partition coefficient (Wildman–Crippen LogP) is 3.00. The zero-order valence-electron chi connectivity index (χ0n) is 10.3. The third kappa shape index (κ3) is 3.48. The van der Waals surface area contributed by atoms with E-state index >= 15 is 0 Å². The van der Waals surface area contributed by atoms with E-state index in [2.05, 4.69) is 0 Å². The topological polar surface area (TPSA) is 35.2 Å². The van der Waals surface area contributed by atoms with E-state index in [9.17, 15) is 8.78 Å². The molecule has 0 saturated carbocycles. The van der Waals surface area contributed by atoms with E-state index in [0.29, 0.717) is 12.1 Å². The first-order valence-corrected chi connectivity index (χ1v) is 5.85. The number of rotatable bonds is 6. The molecule has 0 aliphatic rings. The Kier molecular flexibility index (Phi) is 5.02. The second-order valence-electron chi connectivity index (χ2n) is 4.13. The van der Waals surface area contributed by atoms with Crippen LogP contribution in [0.3, 0.4) is 0 Å². The molecule has 2 N–H and O–H groups in total. The Bertz CT molecular complexity index is 356. The lowest BCUT2D eigenvalue weighted by Crippen LogP contribution is -2.39. The average Bonchev–Trinajstić information content (AvgIpc) is 2.36. The normalized spacial score (nSPS) is 11.8. The van der Waals surface area contributed by atoms with Crippen LogP contribution in [0, 0.1) is 11.6 Å². The van der Waals surface area contributed by atoms with Gasteiger partial charge in [0.2, 0.25) is 0 Å². The summed E-state index contributed by atoms with van der Waals surface area (Å²) in [6.45, 7) is 4.67. The number of benzene rings is 1. The van der Waals surface area contributed by atoms with Gasteiger partial charge in [-0.15, -0.1) is 0 Å². The summed E-state index contributed by atoms with van der Waals surface area (Å²) < 4.78 is 31.5. The van der Waals surface area contributed by atoms with Gasteiger partial charge >= 0.3 is 0 Å². The molecule has 0 atom stereocenters. The van der Waals surface area contributed by atoms with Crippen molar-refractivity contribution in [2.24, 2.45) is 5.73 Å². The minimum Gasteiger partial charge on any atom is -0.369 e. The zero-order chi connectivity index (χ0) is 12.9. The van der Waals surface area contributed by atoms with Gasteiger partial charge in [-0.2, -0.15) is 0 Å². The van der Waals surface area contributed by atoms with Crippen LogP contribution in [0.1, 0.15) is 32.3 Å². The van der Waals surface area contributed by atoms with Crippen molar-refractivity contribution in [2.75, 3.05) is 6.54 Å². The third-order valence-corrected chi connectivity index (χ3v) is 3.19. The van der Waals surface area contributed by atoms with Crippen molar-refractivity contribution in [3.8, 4) is 0 Å². The van der Waals surface area contributed by atoms with Crippen molar-refractivity contribution < 1.29 is 13.5 Å². The van der Waals surface area contributed by atoms with E-state index in [0.717, 1.165) is 25.0 Å². The van der Waals surface area contributed by atoms with Gasteiger partial charge < -0.3 is 10.5 Å². The molecule has 0 aromatic heterocycles. The van der Waals surface area contributed by atoms with Crippen LogP contribution in [0.4, 0.5) is 8.78 Å². The summed E-state index contributed by atoms with van der Waals surface area (Å²) in [5, 5.41) is 0. The standard InChI is InChI=1S/C13H19F2NO/c1-3-13(4-2,9-16)17-8-10-5-6-11(14)12(15)7-10/h5-7H,3-4,8-9,16H2,1-2H3. The quantitative estimate of drug-likeness (QED) is 0.833. The van der Waals surface area contributed by atoms with E-state index in [4.69, 9.17) is 10.5 Å². The highest BCUT2D eigenvalue weighted by Crippen LogP contribution is 2.21. The second kappa shape index (κ2) is 6.07. The van der Waals surface area contributed by atoms with Crippen LogP contribution in [0.2, 0.25) is 0 Å². The molecule has 0 aliphatic heterocycles. The predicted molar refractivity (Wildman–Crippen MR) is 63.5 cm³/mol. The second-order valence-corrected chi connectivity index (χ2v) is 4.13.